The molecule has 0 radical (unpaired) electrons. The fraction of sp³-hybridized carbons (Fsp3) is 0. The zero-order valence-corrected chi connectivity index (χ0v) is 16.3. The molecule has 0 atom stereocenters. The molecule has 2 aromatic carbocycles. The molecule has 7 nitrogen and oxygen atoms in total. The van der Waals surface area contributed by atoms with E-state index in [2.05, 4.69) is 0 Å². The van der Waals surface area contributed by atoms with E-state index >= 15 is 0 Å². The lowest BCUT2D eigenvalue weighted by molar-refractivity contribution is -0.402. The fourth-order valence-electron chi connectivity index (χ4n) is 2.88. The minimum atomic E-state index is -4.04. The molecule has 0 spiro atoms. The van der Waals surface area contributed by atoms with Crippen molar-refractivity contribution in [3.63, 3.8) is 0 Å². The number of furan rings is 2. The number of rotatable bonds is 6. The van der Waals surface area contributed by atoms with Crippen LogP contribution in [-0.2, 0) is 9.84 Å². The summed E-state index contributed by atoms with van der Waals surface area (Å²) in [6, 6.07) is 22.8. The van der Waals surface area contributed by atoms with Gasteiger partial charge in [-0.2, -0.15) is 0 Å². The minimum Gasteiger partial charge on any atom is -0.457 e. The Morgan fingerprint density at radius 2 is 1.50 bits per heavy atom. The van der Waals surface area contributed by atoms with Gasteiger partial charge < -0.3 is 8.83 Å². The Morgan fingerprint density at radius 1 is 0.833 bits per heavy atom. The fourth-order valence-corrected chi connectivity index (χ4v) is 4.30. The van der Waals surface area contributed by atoms with Gasteiger partial charge in [-0.05, 0) is 30.3 Å². The van der Waals surface area contributed by atoms with Crippen LogP contribution in [0, 0.1) is 10.1 Å². The molecule has 0 bridgehead atoms. The van der Waals surface area contributed by atoms with Gasteiger partial charge in [0.1, 0.15) is 21.3 Å². The number of benzene rings is 2. The first-order valence-electron chi connectivity index (χ1n) is 8.87. The molecule has 0 saturated heterocycles. The van der Waals surface area contributed by atoms with Gasteiger partial charge in [0, 0.05) is 11.6 Å². The molecule has 0 fully saturated rings. The van der Waals surface area contributed by atoms with Gasteiger partial charge >= 0.3 is 5.88 Å². The van der Waals surface area contributed by atoms with Crippen molar-refractivity contribution >= 4 is 26.7 Å². The van der Waals surface area contributed by atoms with E-state index in [9.17, 15) is 18.5 Å². The highest BCUT2D eigenvalue weighted by Gasteiger charge is 2.27. The van der Waals surface area contributed by atoms with Crippen molar-refractivity contribution in [3.05, 3.63) is 107 Å². The molecule has 0 unspecified atom stereocenters. The number of nitro groups is 1. The van der Waals surface area contributed by atoms with Crippen LogP contribution in [-0.4, -0.2) is 13.3 Å². The SMILES string of the molecule is O=[N+]([O-])c1ccc(C(=Cc2ccc(-c3ccccc3)o2)S(=O)(=O)c2ccccc2)o1. The summed E-state index contributed by atoms with van der Waals surface area (Å²) in [6.45, 7) is 0. The van der Waals surface area contributed by atoms with Crippen molar-refractivity contribution in [3.8, 4) is 11.3 Å². The lowest BCUT2D eigenvalue weighted by atomic mass is 10.2. The van der Waals surface area contributed by atoms with E-state index in [-0.39, 0.29) is 21.3 Å². The van der Waals surface area contributed by atoms with Gasteiger partial charge in [0.15, 0.2) is 5.76 Å². The average molecular weight is 421 g/mol. The van der Waals surface area contributed by atoms with Gasteiger partial charge in [0.25, 0.3) is 0 Å². The van der Waals surface area contributed by atoms with Crippen LogP contribution in [0.25, 0.3) is 22.3 Å². The zero-order chi connectivity index (χ0) is 21.1. The van der Waals surface area contributed by atoms with E-state index in [4.69, 9.17) is 8.83 Å². The van der Waals surface area contributed by atoms with Crippen LogP contribution in [0.1, 0.15) is 11.5 Å². The molecule has 4 aromatic rings. The van der Waals surface area contributed by atoms with Gasteiger partial charge in [-0.3, -0.25) is 10.1 Å². The average Bonchev–Trinajstić information content (AvgIpc) is 3.43. The summed E-state index contributed by atoms with van der Waals surface area (Å²) in [4.78, 5) is 10.1. The third kappa shape index (κ3) is 3.81. The number of sulfone groups is 1. The molecule has 0 amide bonds. The summed E-state index contributed by atoms with van der Waals surface area (Å²) in [5.74, 6) is 0.123. The molecule has 30 heavy (non-hydrogen) atoms. The maximum absolute atomic E-state index is 13.3. The van der Waals surface area contributed by atoms with E-state index in [0.29, 0.717) is 5.76 Å². The van der Waals surface area contributed by atoms with Gasteiger partial charge in [0.05, 0.1) is 11.0 Å². The first kappa shape index (κ1) is 19.4. The normalized spacial score (nSPS) is 12.1. The van der Waals surface area contributed by atoms with Gasteiger partial charge in [0.2, 0.25) is 9.84 Å². The topological polar surface area (TPSA) is 104 Å². The maximum Gasteiger partial charge on any atom is 0.433 e. The van der Waals surface area contributed by atoms with Crippen molar-refractivity contribution in [2.45, 2.75) is 4.90 Å². The van der Waals surface area contributed by atoms with Crippen molar-refractivity contribution in [2.24, 2.45) is 0 Å². The monoisotopic (exact) mass is 421 g/mol. The first-order chi connectivity index (χ1) is 14.4. The van der Waals surface area contributed by atoms with Crippen LogP contribution < -0.4 is 0 Å². The first-order valence-corrected chi connectivity index (χ1v) is 10.4. The molecule has 4 rings (SSSR count). The molecule has 0 N–H and O–H groups in total. The number of hydrogen-bond donors (Lipinski definition) is 0. The summed E-state index contributed by atoms with van der Waals surface area (Å²) in [6.07, 6.45) is 1.30. The van der Waals surface area contributed by atoms with Crippen molar-refractivity contribution in [2.75, 3.05) is 0 Å². The summed E-state index contributed by atoms with van der Waals surface area (Å²) >= 11 is 0. The Labute approximate surface area is 172 Å². The maximum atomic E-state index is 13.3. The summed E-state index contributed by atoms with van der Waals surface area (Å²) in [7, 11) is -4.04. The van der Waals surface area contributed by atoms with Gasteiger partial charge in [-0.25, -0.2) is 8.42 Å². The molecule has 0 aliphatic rings. The van der Waals surface area contributed by atoms with Gasteiger partial charge in [-0.1, -0.05) is 48.5 Å². The third-order valence-electron chi connectivity index (χ3n) is 4.32. The Kier molecular flexibility index (Phi) is 5.07. The Morgan fingerprint density at radius 3 is 2.13 bits per heavy atom. The summed E-state index contributed by atoms with van der Waals surface area (Å²) in [5, 5.41) is 11.0. The smallest absolute Gasteiger partial charge is 0.433 e. The van der Waals surface area contributed by atoms with E-state index in [1.165, 1.54) is 24.3 Å². The molecule has 150 valence electrons. The molecule has 0 aliphatic heterocycles. The van der Waals surface area contributed by atoms with E-state index in [0.717, 1.165) is 11.6 Å². The predicted octanol–water partition coefficient (Wildman–Crippen LogP) is 5.42. The van der Waals surface area contributed by atoms with Crippen LogP contribution in [0.3, 0.4) is 0 Å². The molecule has 0 saturated carbocycles. The highest BCUT2D eigenvalue weighted by Crippen LogP contribution is 2.34. The molecule has 8 heteroatoms. The third-order valence-corrected chi connectivity index (χ3v) is 6.11. The van der Waals surface area contributed by atoms with Crippen LogP contribution in [0.15, 0.2) is 98.7 Å². The molecule has 2 aromatic heterocycles. The second-order valence-corrected chi connectivity index (χ2v) is 8.21. The van der Waals surface area contributed by atoms with Crippen molar-refractivity contribution < 1.29 is 22.2 Å². The van der Waals surface area contributed by atoms with Crippen molar-refractivity contribution in [1.82, 2.24) is 0 Å². The lowest BCUT2D eigenvalue weighted by Crippen LogP contribution is -2.03. The number of hydrogen-bond acceptors (Lipinski definition) is 6. The lowest BCUT2D eigenvalue weighted by Gasteiger charge is -2.06. The quantitative estimate of drug-likeness (QED) is 0.304. The van der Waals surface area contributed by atoms with E-state index in [1.807, 2.05) is 30.3 Å². The Balaban J connectivity index is 1.83. The Bertz CT molecular complexity index is 1320. The minimum absolute atomic E-state index is 0.0325. The van der Waals surface area contributed by atoms with Crippen LogP contribution in [0.2, 0.25) is 0 Å². The van der Waals surface area contributed by atoms with E-state index < -0.39 is 20.6 Å². The van der Waals surface area contributed by atoms with Crippen LogP contribution >= 0.6 is 0 Å². The largest absolute Gasteiger partial charge is 0.457 e. The van der Waals surface area contributed by atoms with Crippen molar-refractivity contribution in [1.29, 1.82) is 0 Å². The molecule has 2 heterocycles. The molecular formula is C22H15NO6S. The second-order valence-electron chi connectivity index (χ2n) is 6.29. The molecular weight excluding hydrogens is 406 g/mol. The van der Waals surface area contributed by atoms with Crippen LogP contribution in [0.4, 0.5) is 5.88 Å². The van der Waals surface area contributed by atoms with Gasteiger partial charge in [-0.15, -0.1) is 0 Å². The van der Waals surface area contributed by atoms with E-state index in [1.54, 1.807) is 30.3 Å². The summed E-state index contributed by atoms with van der Waals surface area (Å²) < 4.78 is 37.5. The second kappa shape index (κ2) is 7.84. The Hall–Kier alpha value is -3.91. The molecule has 0 aliphatic carbocycles. The zero-order valence-electron chi connectivity index (χ0n) is 15.5. The van der Waals surface area contributed by atoms with Crippen LogP contribution in [0.5, 0.6) is 0 Å². The standard InChI is InChI=1S/C22H15NO6S/c24-23(25)22-14-13-20(29-22)21(30(26,27)18-9-5-2-6-10-18)15-17-11-12-19(28-17)16-7-3-1-4-8-16/h1-15H. The highest BCUT2D eigenvalue weighted by atomic mass is 32.2. The number of nitrogens with zero attached hydrogens (tertiary/aromatic N) is 1. The predicted molar refractivity (Wildman–Crippen MR) is 111 cm³/mol. The summed E-state index contributed by atoms with van der Waals surface area (Å²) in [5.41, 5.74) is 0.832. The highest BCUT2D eigenvalue weighted by molar-refractivity contribution is 8.00.